The summed E-state index contributed by atoms with van der Waals surface area (Å²) in [4.78, 5) is 11.0. The highest BCUT2D eigenvalue weighted by Crippen LogP contribution is 2.23. The third kappa shape index (κ3) is 5.26. The monoisotopic (exact) mass is 434 g/mol. The minimum Gasteiger partial charge on any atom is -0.439 e. The van der Waals surface area contributed by atoms with E-state index in [1.54, 1.807) is 17.9 Å². The Morgan fingerprint density at radius 3 is 2.88 bits per heavy atom. The van der Waals surface area contributed by atoms with Gasteiger partial charge in [-0.25, -0.2) is 4.98 Å². The van der Waals surface area contributed by atoms with Crippen molar-refractivity contribution in [3.63, 3.8) is 0 Å². The molecule has 1 aliphatic rings. The molecule has 0 saturated carbocycles. The van der Waals surface area contributed by atoms with E-state index >= 15 is 0 Å². The number of hydrogen-bond acceptors (Lipinski definition) is 5. The zero-order chi connectivity index (χ0) is 22.5. The molecule has 168 valence electrons. The second kappa shape index (κ2) is 9.82. The van der Waals surface area contributed by atoms with Crippen molar-refractivity contribution in [3.8, 4) is 11.6 Å². The number of nitrogens with zero attached hydrogens (tertiary/aromatic N) is 5. The zero-order valence-electron chi connectivity index (χ0n) is 19.1. The summed E-state index contributed by atoms with van der Waals surface area (Å²) in [5.74, 6) is 2.21. The summed E-state index contributed by atoms with van der Waals surface area (Å²) in [6, 6.07) is 9.98. The van der Waals surface area contributed by atoms with Crippen molar-refractivity contribution in [1.82, 2.24) is 25.0 Å². The average molecular weight is 435 g/mol. The van der Waals surface area contributed by atoms with E-state index in [9.17, 15) is 0 Å². The van der Waals surface area contributed by atoms with E-state index in [1.807, 2.05) is 43.7 Å². The predicted octanol–water partition coefficient (Wildman–Crippen LogP) is 3.37. The molecule has 3 aromatic rings. The maximum Gasteiger partial charge on any atom is 0.219 e. The lowest BCUT2D eigenvalue weighted by Gasteiger charge is -2.34. The minimum atomic E-state index is -0.0186. The molecule has 1 saturated heterocycles. The number of aromatic nitrogens is 3. The number of ether oxygens (including phenoxy) is 2. The van der Waals surface area contributed by atoms with Crippen LogP contribution in [0, 0.1) is 13.8 Å². The van der Waals surface area contributed by atoms with Gasteiger partial charge in [-0.3, -0.25) is 9.67 Å². The van der Waals surface area contributed by atoms with Crippen molar-refractivity contribution >= 4 is 5.96 Å². The van der Waals surface area contributed by atoms with Gasteiger partial charge in [-0.1, -0.05) is 6.07 Å². The van der Waals surface area contributed by atoms with Crippen LogP contribution in [-0.4, -0.2) is 52.4 Å². The molecule has 1 atom stereocenters. The van der Waals surface area contributed by atoms with E-state index in [-0.39, 0.29) is 6.10 Å². The van der Waals surface area contributed by atoms with Gasteiger partial charge in [0.15, 0.2) is 5.96 Å². The van der Waals surface area contributed by atoms with Crippen LogP contribution in [0.4, 0.5) is 0 Å². The number of morpholine rings is 1. The molecule has 1 N–H and O–H groups in total. The van der Waals surface area contributed by atoms with Gasteiger partial charge in [0.05, 0.1) is 19.3 Å². The smallest absolute Gasteiger partial charge is 0.219 e. The van der Waals surface area contributed by atoms with Crippen LogP contribution in [0.5, 0.6) is 11.6 Å². The lowest BCUT2D eigenvalue weighted by molar-refractivity contribution is -0.00805. The molecular weight excluding hydrogens is 404 g/mol. The molecule has 1 aliphatic heterocycles. The fourth-order valence-electron chi connectivity index (χ4n) is 3.68. The molecule has 0 radical (unpaired) electrons. The summed E-state index contributed by atoms with van der Waals surface area (Å²) in [6.07, 6.45) is 5.61. The largest absolute Gasteiger partial charge is 0.439 e. The number of aliphatic imine (C=N–C) groups is 1. The second-order valence-corrected chi connectivity index (χ2v) is 8.00. The highest BCUT2D eigenvalue weighted by atomic mass is 16.5. The molecule has 1 aromatic carbocycles. The third-order valence-corrected chi connectivity index (χ3v) is 5.63. The Morgan fingerprint density at radius 2 is 2.12 bits per heavy atom. The summed E-state index contributed by atoms with van der Waals surface area (Å²) in [5, 5.41) is 7.72. The van der Waals surface area contributed by atoms with Gasteiger partial charge in [0.1, 0.15) is 11.9 Å². The highest BCUT2D eigenvalue weighted by molar-refractivity contribution is 5.80. The van der Waals surface area contributed by atoms with Crippen molar-refractivity contribution in [1.29, 1.82) is 0 Å². The molecule has 32 heavy (non-hydrogen) atoms. The van der Waals surface area contributed by atoms with Crippen molar-refractivity contribution in [3.05, 3.63) is 71.2 Å². The maximum atomic E-state index is 5.97. The summed E-state index contributed by atoms with van der Waals surface area (Å²) in [7, 11) is 3.72. The first kappa shape index (κ1) is 21.8. The molecule has 0 spiro atoms. The van der Waals surface area contributed by atoms with Crippen molar-refractivity contribution in [2.24, 2.45) is 12.0 Å². The lowest BCUT2D eigenvalue weighted by atomic mass is 10.1. The van der Waals surface area contributed by atoms with Crippen LogP contribution in [0.25, 0.3) is 0 Å². The fourth-order valence-corrected chi connectivity index (χ4v) is 3.68. The molecule has 2 aromatic heterocycles. The SMILES string of the molecule is CN=C(NCc1ccnc(Oc2ccc(C)c(C)c2)c1)N1CCOC(c2cnn(C)c2)C1. The molecule has 0 aliphatic carbocycles. The molecule has 1 unspecified atom stereocenters. The molecule has 0 bridgehead atoms. The van der Waals surface area contributed by atoms with Crippen molar-refractivity contribution < 1.29 is 9.47 Å². The zero-order valence-corrected chi connectivity index (χ0v) is 19.1. The predicted molar refractivity (Wildman–Crippen MR) is 124 cm³/mol. The Morgan fingerprint density at radius 1 is 1.25 bits per heavy atom. The maximum absolute atomic E-state index is 5.97. The van der Waals surface area contributed by atoms with Crippen LogP contribution in [0.3, 0.4) is 0 Å². The van der Waals surface area contributed by atoms with E-state index in [0.717, 1.165) is 35.9 Å². The number of aryl methyl sites for hydroxylation is 3. The first-order chi connectivity index (χ1) is 15.5. The normalized spacial score (nSPS) is 16.8. The van der Waals surface area contributed by atoms with Gasteiger partial charge in [0.25, 0.3) is 0 Å². The molecule has 1 fully saturated rings. The second-order valence-electron chi connectivity index (χ2n) is 8.00. The van der Waals surface area contributed by atoms with Crippen LogP contribution >= 0.6 is 0 Å². The Balaban J connectivity index is 1.37. The third-order valence-electron chi connectivity index (χ3n) is 5.63. The number of hydrogen-bond donors (Lipinski definition) is 1. The first-order valence-corrected chi connectivity index (χ1v) is 10.8. The molecule has 3 heterocycles. The highest BCUT2D eigenvalue weighted by Gasteiger charge is 2.25. The van der Waals surface area contributed by atoms with Gasteiger partial charge >= 0.3 is 0 Å². The van der Waals surface area contributed by atoms with Crippen LogP contribution in [0.2, 0.25) is 0 Å². The first-order valence-electron chi connectivity index (χ1n) is 10.8. The average Bonchev–Trinajstić information content (AvgIpc) is 3.24. The Bertz CT molecular complexity index is 1090. The van der Waals surface area contributed by atoms with Gasteiger partial charge in [0, 0.05) is 51.2 Å². The summed E-state index contributed by atoms with van der Waals surface area (Å²) >= 11 is 0. The van der Waals surface area contributed by atoms with Crippen LogP contribution < -0.4 is 10.1 Å². The van der Waals surface area contributed by atoms with Gasteiger partial charge in [-0.05, 0) is 48.7 Å². The van der Waals surface area contributed by atoms with E-state index in [0.29, 0.717) is 19.0 Å². The minimum absolute atomic E-state index is 0.0186. The summed E-state index contributed by atoms with van der Waals surface area (Å²) in [6.45, 7) is 6.93. The quantitative estimate of drug-likeness (QED) is 0.490. The van der Waals surface area contributed by atoms with E-state index in [2.05, 4.69) is 45.2 Å². The lowest BCUT2D eigenvalue weighted by Crippen LogP contribution is -2.47. The Labute approximate surface area is 188 Å². The number of guanidine groups is 1. The summed E-state index contributed by atoms with van der Waals surface area (Å²) < 4.78 is 13.7. The van der Waals surface area contributed by atoms with Gasteiger partial charge in [-0.15, -0.1) is 0 Å². The topological polar surface area (TPSA) is 76.8 Å². The van der Waals surface area contributed by atoms with E-state index in [4.69, 9.17) is 9.47 Å². The number of rotatable bonds is 5. The molecular formula is C24H30N6O2. The number of benzene rings is 1. The Kier molecular flexibility index (Phi) is 6.70. The van der Waals surface area contributed by atoms with E-state index in [1.165, 1.54) is 11.1 Å². The van der Waals surface area contributed by atoms with E-state index < -0.39 is 0 Å². The van der Waals surface area contributed by atoms with Crippen LogP contribution in [0.15, 0.2) is 53.9 Å². The Hall–Kier alpha value is -3.39. The van der Waals surface area contributed by atoms with Crippen LogP contribution in [0.1, 0.15) is 28.4 Å². The molecule has 8 nitrogen and oxygen atoms in total. The standard InChI is InChI=1S/C24H30N6O2/c1-17-5-6-21(11-18(17)2)32-23-12-19(7-8-26-23)13-27-24(25-3)30-9-10-31-22(16-30)20-14-28-29(4)15-20/h5-8,11-12,14-15,22H,9-10,13,16H2,1-4H3,(H,25,27). The summed E-state index contributed by atoms with van der Waals surface area (Å²) in [5.41, 5.74) is 4.58. The molecule has 8 heteroatoms. The van der Waals surface area contributed by atoms with Crippen molar-refractivity contribution in [2.45, 2.75) is 26.5 Å². The van der Waals surface area contributed by atoms with Gasteiger partial charge in [-0.2, -0.15) is 5.10 Å². The van der Waals surface area contributed by atoms with Gasteiger partial charge < -0.3 is 19.7 Å². The fraction of sp³-hybridized carbons (Fsp3) is 0.375. The number of pyridine rings is 1. The molecule has 4 rings (SSSR count). The van der Waals surface area contributed by atoms with Crippen molar-refractivity contribution in [2.75, 3.05) is 26.7 Å². The van der Waals surface area contributed by atoms with Crippen LogP contribution in [-0.2, 0) is 18.3 Å². The van der Waals surface area contributed by atoms with Gasteiger partial charge in [0.2, 0.25) is 5.88 Å². The molecule has 0 amide bonds. The number of nitrogens with one attached hydrogen (secondary N) is 1.